The van der Waals surface area contributed by atoms with E-state index in [0.717, 1.165) is 13.0 Å². The van der Waals surface area contributed by atoms with Crippen molar-refractivity contribution in [2.75, 3.05) is 13.2 Å². The molecule has 1 unspecified atom stereocenters. The highest BCUT2D eigenvalue weighted by atomic mass is 19.2. The van der Waals surface area contributed by atoms with Gasteiger partial charge in [0.2, 0.25) is 5.82 Å². The van der Waals surface area contributed by atoms with E-state index in [9.17, 15) is 13.9 Å². The van der Waals surface area contributed by atoms with Gasteiger partial charge in [0, 0.05) is 18.0 Å². The molecule has 3 rings (SSSR count). The summed E-state index contributed by atoms with van der Waals surface area (Å²) in [5, 5.41) is 13.8. The van der Waals surface area contributed by atoms with Crippen molar-refractivity contribution >= 4 is 5.71 Å². The Labute approximate surface area is 121 Å². The topological polar surface area (TPSA) is 53.9 Å². The number of nitrogens with zero attached hydrogens (tertiary/aromatic N) is 1. The minimum atomic E-state index is -1.03. The Morgan fingerprint density at radius 3 is 2.81 bits per heavy atom. The Hall–Kier alpha value is -1.69. The first-order valence-corrected chi connectivity index (χ1v) is 7.14. The van der Waals surface area contributed by atoms with Crippen LogP contribution in [0.1, 0.15) is 31.7 Å². The standard InChI is InChI=1S/C15H18F2N2O2/c1-9-4-7-18-19-14(9)10-2-3-11(13(17)12(10)16)21-8-15(20)5-6-15/h2-3,9,18,20H,4-8H2,1H3. The van der Waals surface area contributed by atoms with Crippen LogP contribution in [0.2, 0.25) is 0 Å². The van der Waals surface area contributed by atoms with Crippen LogP contribution in [-0.2, 0) is 0 Å². The van der Waals surface area contributed by atoms with Crippen LogP contribution in [0.4, 0.5) is 8.78 Å². The molecule has 0 saturated heterocycles. The van der Waals surface area contributed by atoms with E-state index in [1.165, 1.54) is 12.1 Å². The Morgan fingerprint density at radius 2 is 2.14 bits per heavy atom. The molecule has 0 aromatic heterocycles. The number of hydrogen-bond acceptors (Lipinski definition) is 4. The molecule has 2 N–H and O–H groups in total. The van der Waals surface area contributed by atoms with Crippen molar-refractivity contribution in [1.29, 1.82) is 0 Å². The first-order chi connectivity index (χ1) is 10.0. The molecule has 1 aliphatic carbocycles. The number of halogens is 2. The fourth-order valence-electron chi connectivity index (χ4n) is 2.34. The van der Waals surface area contributed by atoms with Crippen LogP contribution in [-0.4, -0.2) is 29.6 Å². The van der Waals surface area contributed by atoms with Crippen LogP contribution in [0.5, 0.6) is 5.75 Å². The zero-order valence-electron chi connectivity index (χ0n) is 11.8. The monoisotopic (exact) mass is 296 g/mol. The summed E-state index contributed by atoms with van der Waals surface area (Å²) >= 11 is 0. The quantitative estimate of drug-likeness (QED) is 0.895. The summed E-state index contributed by atoms with van der Waals surface area (Å²) in [5.74, 6) is -2.09. The van der Waals surface area contributed by atoms with Gasteiger partial charge in [0.1, 0.15) is 6.61 Å². The zero-order valence-corrected chi connectivity index (χ0v) is 11.8. The molecule has 4 nitrogen and oxygen atoms in total. The van der Waals surface area contributed by atoms with Crippen molar-refractivity contribution < 1.29 is 18.6 Å². The molecule has 1 heterocycles. The molecule has 0 spiro atoms. The Bertz CT molecular complexity index is 585. The maximum atomic E-state index is 14.2. The molecule has 21 heavy (non-hydrogen) atoms. The number of aliphatic hydroxyl groups is 1. The number of hydrazone groups is 1. The van der Waals surface area contributed by atoms with Gasteiger partial charge in [0.25, 0.3) is 0 Å². The zero-order chi connectivity index (χ0) is 15.0. The van der Waals surface area contributed by atoms with Crippen LogP contribution in [0.15, 0.2) is 17.2 Å². The van der Waals surface area contributed by atoms with Crippen molar-refractivity contribution in [3.8, 4) is 5.75 Å². The lowest BCUT2D eigenvalue weighted by Gasteiger charge is -2.21. The summed E-state index contributed by atoms with van der Waals surface area (Å²) in [6, 6.07) is 2.87. The highest BCUT2D eigenvalue weighted by Gasteiger charge is 2.41. The highest BCUT2D eigenvalue weighted by molar-refractivity contribution is 6.02. The van der Waals surface area contributed by atoms with Crippen LogP contribution < -0.4 is 10.2 Å². The highest BCUT2D eigenvalue weighted by Crippen LogP contribution is 2.36. The first-order valence-electron chi connectivity index (χ1n) is 7.14. The van der Waals surface area contributed by atoms with Gasteiger partial charge in [-0.1, -0.05) is 6.92 Å². The Balaban J connectivity index is 1.83. The summed E-state index contributed by atoms with van der Waals surface area (Å²) in [5.41, 5.74) is 2.62. The smallest absolute Gasteiger partial charge is 0.201 e. The van der Waals surface area contributed by atoms with Gasteiger partial charge in [0.15, 0.2) is 11.6 Å². The van der Waals surface area contributed by atoms with Crippen molar-refractivity contribution in [1.82, 2.24) is 5.43 Å². The predicted octanol–water partition coefficient (Wildman–Crippen LogP) is 2.20. The van der Waals surface area contributed by atoms with Crippen molar-refractivity contribution in [2.24, 2.45) is 11.0 Å². The van der Waals surface area contributed by atoms with Gasteiger partial charge in [-0.15, -0.1) is 0 Å². The summed E-state index contributed by atoms with van der Waals surface area (Å²) in [7, 11) is 0. The van der Waals surface area contributed by atoms with Crippen molar-refractivity contribution in [3.63, 3.8) is 0 Å². The van der Waals surface area contributed by atoms with Crippen LogP contribution in [0, 0.1) is 17.6 Å². The van der Waals surface area contributed by atoms with Gasteiger partial charge in [-0.05, 0) is 31.4 Å². The summed E-state index contributed by atoms with van der Waals surface area (Å²) in [6.45, 7) is 2.65. The second-order valence-corrected chi connectivity index (χ2v) is 5.85. The molecule has 1 saturated carbocycles. The molecule has 0 bridgehead atoms. The molecule has 2 aliphatic rings. The van der Waals surface area contributed by atoms with E-state index in [2.05, 4.69) is 10.5 Å². The SMILES string of the molecule is CC1CCNN=C1c1ccc(OCC2(O)CC2)c(F)c1F. The molecule has 0 radical (unpaired) electrons. The van der Waals surface area contributed by atoms with Crippen LogP contribution in [0.25, 0.3) is 0 Å². The third-order valence-corrected chi connectivity index (χ3v) is 4.00. The molecule has 1 aliphatic heterocycles. The van der Waals surface area contributed by atoms with Gasteiger partial charge in [-0.2, -0.15) is 9.49 Å². The van der Waals surface area contributed by atoms with E-state index < -0.39 is 17.2 Å². The van der Waals surface area contributed by atoms with E-state index in [4.69, 9.17) is 4.74 Å². The van der Waals surface area contributed by atoms with Gasteiger partial charge >= 0.3 is 0 Å². The Morgan fingerprint density at radius 1 is 1.38 bits per heavy atom. The minimum Gasteiger partial charge on any atom is -0.487 e. The van der Waals surface area contributed by atoms with Crippen molar-refractivity contribution in [3.05, 3.63) is 29.3 Å². The number of ether oxygens (including phenoxy) is 1. The summed E-state index contributed by atoms with van der Waals surface area (Å²) in [6.07, 6.45) is 2.09. The van der Waals surface area contributed by atoms with Gasteiger partial charge in [0.05, 0.1) is 11.3 Å². The molecule has 0 amide bonds. The van der Waals surface area contributed by atoms with Crippen molar-refractivity contribution in [2.45, 2.75) is 31.8 Å². The lowest BCUT2D eigenvalue weighted by molar-refractivity contribution is 0.0832. The Kier molecular flexibility index (Phi) is 3.57. The molecule has 1 fully saturated rings. The molecule has 6 heteroatoms. The average Bonchev–Trinajstić information content (AvgIpc) is 3.20. The lowest BCUT2D eigenvalue weighted by atomic mass is 9.94. The predicted molar refractivity (Wildman–Crippen MR) is 74.4 cm³/mol. The van der Waals surface area contributed by atoms with E-state index in [0.29, 0.717) is 18.6 Å². The average molecular weight is 296 g/mol. The minimum absolute atomic E-state index is 0.0123. The molecule has 1 atom stereocenters. The number of nitrogens with one attached hydrogen (secondary N) is 1. The second-order valence-electron chi connectivity index (χ2n) is 5.85. The number of benzene rings is 1. The van der Waals surface area contributed by atoms with E-state index >= 15 is 0 Å². The molecule has 114 valence electrons. The lowest BCUT2D eigenvalue weighted by Crippen LogP contribution is -2.28. The molecular weight excluding hydrogens is 278 g/mol. The fraction of sp³-hybridized carbons (Fsp3) is 0.533. The third-order valence-electron chi connectivity index (χ3n) is 4.00. The summed E-state index contributed by atoms with van der Waals surface area (Å²) in [4.78, 5) is 0. The van der Waals surface area contributed by atoms with Crippen LogP contribution >= 0.6 is 0 Å². The van der Waals surface area contributed by atoms with Gasteiger partial charge in [-0.3, -0.25) is 0 Å². The summed E-state index contributed by atoms with van der Waals surface area (Å²) < 4.78 is 33.5. The molecule has 1 aromatic rings. The van der Waals surface area contributed by atoms with Gasteiger partial charge < -0.3 is 15.3 Å². The molecule has 1 aromatic carbocycles. The van der Waals surface area contributed by atoms with Gasteiger partial charge in [-0.25, -0.2) is 4.39 Å². The number of hydrogen-bond donors (Lipinski definition) is 2. The fourth-order valence-corrected chi connectivity index (χ4v) is 2.34. The normalized spacial score (nSPS) is 23.2. The number of rotatable bonds is 4. The third kappa shape index (κ3) is 2.85. The largest absolute Gasteiger partial charge is 0.487 e. The van der Waals surface area contributed by atoms with E-state index in [1.54, 1.807) is 0 Å². The maximum absolute atomic E-state index is 14.2. The van der Waals surface area contributed by atoms with E-state index in [-0.39, 0.29) is 23.8 Å². The van der Waals surface area contributed by atoms with Crippen LogP contribution in [0.3, 0.4) is 0 Å². The first kappa shape index (κ1) is 14.3. The van der Waals surface area contributed by atoms with E-state index in [1.807, 2.05) is 6.92 Å². The maximum Gasteiger partial charge on any atom is 0.201 e. The molecular formula is C15H18F2N2O2. The second kappa shape index (κ2) is 5.26.